The van der Waals surface area contributed by atoms with Gasteiger partial charge in [-0.2, -0.15) is 0 Å². The lowest BCUT2D eigenvalue weighted by Gasteiger charge is -2.12. The van der Waals surface area contributed by atoms with E-state index >= 15 is 0 Å². The van der Waals surface area contributed by atoms with E-state index in [4.69, 9.17) is 4.74 Å². The molecule has 0 spiro atoms. The standard InChI is InChI=1S/C15H19NO2/c1-2-18-14-8-4-3-7-13(14)9-10-15(17)16-11-5-6-12-16/h3-4,7-10H,2,5-6,11-12H2,1H3/b10-9-. The number of nitrogens with zero attached hydrogens (tertiary/aromatic N) is 1. The predicted octanol–water partition coefficient (Wildman–Crippen LogP) is 2.72. The highest BCUT2D eigenvalue weighted by molar-refractivity contribution is 5.92. The van der Waals surface area contributed by atoms with Gasteiger partial charge in [-0.3, -0.25) is 4.79 Å². The number of carbonyl (C=O) groups excluding carboxylic acids is 1. The largest absolute Gasteiger partial charge is 0.493 e. The number of benzene rings is 1. The van der Waals surface area contributed by atoms with Crippen LogP contribution in [-0.4, -0.2) is 30.5 Å². The summed E-state index contributed by atoms with van der Waals surface area (Å²) in [6.07, 6.45) is 5.72. The van der Waals surface area contributed by atoms with Crippen LogP contribution in [0.1, 0.15) is 25.3 Å². The minimum atomic E-state index is 0.0961. The van der Waals surface area contributed by atoms with Gasteiger partial charge in [-0.1, -0.05) is 18.2 Å². The van der Waals surface area contributed by atoms with Crippen molar-refractivity contribution in [1.82, 2.24) is 4.90 Å². The zero-order valence-electron chi connectivity index (χ0n) is 10.8. The van der Waals surface area contributed by atoms with Crippen LogP contribution in [0.25, 0.3) is 6.08 Å². The summed E-state index contributed by atoms with van der Waals surface area (Å²) < 4.78 is 5.52. The highest BCUT2D eigenvalue weighted by Gasteiger charge is 2.15. The predicted molar refractivity (Wildman–Crippen MR) is 72.5 cm³/mol. The van der Waals surface area contributed by atoms with E-state index < -0.39 is 0 Å². The lowest BCUT2D eigenvalue weighted by atomic mass is 10.2. The van der Waals surface area contributed by atoms with Gasteiger partial charge in [-0.15, -0.1) is 0 Å². The summed E-state index contributed by atoms with van der Waals surface area (Å²) in [5.74, 6) is 0.921. The van der Waals surface area contributed by atoms with Crippen LogP contribution < -0.4 is 4.74 Å². The Morgan fingerprint density at radius 1 is 1.33 bits per heavy atom. The van der Waals surface area contributed by atoms with E-state index in [-0.39, 0.29) is 5.91 Å². The molecular formula is C15H19NO2. The number of amides is 1. The molecule has 0 radical (unpaired) electrons. The molecule has 1 fully saturated rings. The van der Waals surface area contributed by atoms with E-state index in [2.05, 4.69) is 0 Å². The average molecular weight is 245 g/mol. The molecule has 96 valence electrons. The number of para-hydroxylation sites is 1. The molecule has 1 amide bonds. The number of ether oxygens (including phenoxy) is 1. The molecule has 0 aromatic heterocycles. The molecule has 0 bridgehead atoms. The Kier molecular flexibility index (Phi) is 4.40. The van der Waals surface area contributed by atoms with Crippen molar-refractivity contribution in [3.8, 4) is 5.75 Å². The van der Waals surface area contributed by atoms with Gasteiger partial charge < -0.3 is 9.64 Å². The third-order valence-electron chi connectivity index (χ3n) is 3.04. The molecule has 1 heterocycles. The summed E-state index contributed by atoms with van der Waals surface area (Å²) in [4.78, 5) is 13.8. The molecule has 0 N–H and O–H groups in total. The Hall–Kier alpha value is -1.77. The maximum atomic E-state index is 11.9. The molecule has 0 aliphatic carbocycles. The summed E-state index contributed by atoms with van der Waals surface area (Å²) in [5.41, 5.74) is 0.951. The summed E-state index contributed by atoms with van der Waals surface area (Å²) in [6.45, 7) is 4.35. The third-order valence-corrected chi connectivity index (χ3v) is 3.04. The van der Waals surface area contributed by atoms with Gasteiger partial charge in [-0.25, -0.2) is 0 Å². The van der Waals surface area contributed by atoms with Gasteiger partial charge in [0.25, 0.3) is 0 Å². The van der Waals surface area contributed by atoms with Gasteiger partial charge in [0.15, 0.2) is 0 Å². The fraction of sp³-hybridized carbons (Fsp3) is 0.400. The quantitative estimate of drug-likeness (QED) is 0.763. The SMILES string of the molecule is CCOc1ccccc1/C=C\C(=O)N1CCCC1. The molecule has 1 aliphatic heterocycles. The number of hydrogen-bond donors (Lipinski definition) is 0. The van der Waals surface area contributed by atoms with Gasteiger partial charge in [0, 0.05) is 24.7 Å². The number of rotatable bonds is 4. The van der Waals surface area contributed by atoms with Crippen molar-refractivity contribution in [2.24, 2.45) is 0 Å². The van der Waals surface area contributed by atoms with Crippen molar-refractivity contribution < 1.29 is 9.53 Å². The van der Waals surface area contributed by atoms with Gasteiger partial charge >= 0.3 is 0 Å². The normalized spacial score (nSPS) is 15.3. The molecule has 0 unspecified atom stereocenters. The lowest BCUT2D eigenvalue weighted by Crippen LogP contribution is -2.25. The van der Waals surface area contributed by atoms with Crippen LogP contribution in [0.3, 0.4) is 0 Å². The Labute approximate surface area is 108 Å². The van der Waals surface area contributed by atoms with Crippen molar-refractivity contribution in [1.29, 1.82) is 0 Å². The minimum Gasteiger partial charge on any atom is -0.493 e. The van der Waals surface area contributed by atoms with Gasteiger partial charge in [0.1, 0.15) is 5.75 Å². The van der Waals surface area contributed by atoms with Crippen molar-refractivity contribution in [2.75, 3.05) is 19.7 Å². The molecule has 18 heavy (non-hydrogen) atoms. The van der Waals surface area contributed by atoms with E-state index in [9.17, 15) is 4.79 Å². The molecule has 1 aliphatic rings. The fourth-order valence-corrected chi connectivity index (χ4v) is 2.11. The van der Waals surface area contributed by atoms with Crippen LogP contribution in [0.15, 0.2) is 30.3 Å². The highest BCUT2D eigenvalue weighted by atomic mass is 16.5. The molecule has 2 rings (SSSR count). The fourth-order valence-electron chi connectivity index (χ4n) is 2.11. The first-order chi connectivity index (χ1) is 8.81. The first kappa shape index (κ1) is 12.7. The van der Waals surface area contributed by atoms with Crippen molar-refractivity contribution in [2.45, 2.75) is 19.8 Å². The van der Waals surface area contributed by atoms with Crippen LogP contribution in [0.5, 0.6) is 5.75 Å². The lowest BCUT2D eigenvalue weighted by molar-refractivity contribution is -0.124. The van der Waals surface area contributed by atoms with Crippen molar-refractivity contribution in [3.05, 3.63) is 35.9 Å². The van der Waals surface area contributed by atoms with E-state index in [0.717, 1.165) is 37.2 Å². The monoisotopic (exact) mass is 245 g/mol. The second-order valence-corrected chi connectivity index (χ2v) is 4.34. The maximum absolute atomic E-state index is 11.9. The van der Waals surface area contributed by atoms with Gasteiger partial charge in [-0.05, 0) is 31.9 Å². The van der Waals surface area contributed by atoms with Crippen LogP contribution in [0.4, 0.5) is 0 Å². The van der Waals surface area contributed by atoms with E-state index in [0.29, 0.717) is 6.61 Å². The number of hydrogen-bond acceptors (Lipinski definition) is 2. The van der Waals surface area contributed by atoms with Crippen LogP contribution >= 0.6 is 0 Å². The molecule has 3 heteroatoms. The first-order valence-electron chi connectivity index (χ1n) is 6.50. The van der Waals surface area contributed by atoms with Gasteiger partial charge in [0.2, 0.25) is 5.91 Å². The van der Waals surface area contributed by atoms with Crippen molar-refractivity contribution in [3.63, 3.8) is 0 Å². The zero-order valence-corrected chi connectivity index (χ0v) is 10.8. The summed E-state index contributed by atoms with van der Waals surface area (Å²) in [5, 5.41) is 0. The number of likely N-dealkylation sites (tertiary alicyclic amines) is 1. The summed E-state index contributed by atoms with van der Waals surface area (Å²) in [7, 11) is 0. The second-order valence-electron chi connectivity index (χ2n) is 4.34. The Balaban J connectivity index is 2.05. The van der Waals surface area contributed by atoms with E-state index in [1.165, 1.54) is 0 Å². The van der Waals surface area contributed by atoms with E-state index in [1.54, 1.807) is 6.08 Å². The maximum Gasteiger partial charge on any atom is 0.246 e. The summed E-state index contributed by atoms with van der Waals surface area (Å²) >= 11 is 0. The first-order valence-corrected chi connectivity index (χ1v) is 6.50. The average Bonchev–Trinajstić information content (AvgIpc) is 2.92. The molecule has 1 aromatic carbocycles. The smallest absolute Gasteiger partial charge is 0.246 e. The Morgan fingerprint density at radius 3 is 2.78 bits per heavy atom. The third kappa shape index (κ3) is 3.13. The topological polar surface area (TPSA) is 29.5 Å². The molecule has 1 aromatic rings. The summed E-state index contributed by atoms with van der Waals surface area (Å²) in [6, 6.07) is 7.76. The zero-order chi connectivity index (χ0) is 12.8. The van der Waals surface area contributed by atoms with Crippen LogP contribution in [-0.2, 0) is 4.79 Å². The molecular weight excluding hydrogens is 226 g/mol. The van der Waals surface area contributed by atoms with Gasteiger partial charge in [0.05, 0.1) is 6.61 Å². The number of carbonyl (C=O) groups is 1. The molecule has 0 atom stereocenters. The van der Waals surface area contributed by atoms with Crippen LogP contribution in [0.2, 0.25) is 0 Å². The van der Waals surface area contributed by atoms with Crippen LogP contribution in [0, 0.1) is 0 Å². The van der Waals surface area contributed by atoms with E-state index in [1.807, 2.05) is 42.2 Å². The minimum absolute atomic E-state index is 0.0961. The molecule has 1 saturated heterocycles. The highest BCUT2D eigenvalue weighted by Crippen LogP contribution is 2.19. The Bertz CT molecular complexity index is 434. The molecule has 3 nitrogen and oxygen atoms in total. The second kappa shape index (κ2) is 6.24. The molecule has 0 saturated carbocycles. The Morgan fingerprint density at radius 2 is 2.06 bits per heavy atom. The van der Waals surface area contributed by atoms with Crippen molar-refractivity contribution >= 4 is 12.0 Å².